The van der Waals surface area contributed by atoms with Gasteiger partial charge in [-0.25, -0.2) is 0 Å². The Morgan fingerprint density at radius 3 is 2.55 bits per heavy atom. The van der Waals surface area contributed by atoms with Gasteiger partial charge in [-0.15, -0.1) is 0 Å². The Bertz CT molecular complexity index is 1470. The number of methoxy groups -OCH3 is 1. The number of alkyl halides is 3. The fourth-order valence-electron chi connectivity index (χ4n) is 4.24. The summed E-state index contributed by atoms with van der Waals surface area (Å²) in [6.45, 7) is 3.14. The maximum atomic E-state index is 13.9. The van der Waals surface area contributed by atoms with Crippen molar-refractivity contribution >= 4 is 23.0 Å². The van der Waals surface area contributed by atoms with Crippen LogP contribution in [0.15, 0.2) is 54.9 Å². The molecule has 3 aromatic rings. The Labute approximate surface area is 230 Å². The maximum absolute atomic E-state index is 13.9. The van der Waals surface area contributed by atoms with Crippen LogP contribution in [-0.2, 0) is 12.7 Å². The molecule has 0 saturated carbocycles. The number of benzene rings is 2. The summed E-state index contributed by atoms with van der Waals surface area (Å²) < 4.78 is 46.8. The second-order valence-corrected chi connectivity index (χ2v) is 9.44. The van der Waals surface area contributed by atoms with Crippen LogP contribution in [0.5, 0.6) is 5.75 Å². The lowest BCUT2D eigenvalue weighted by Gasteiger charge is -2.33. The highest BCUT2D eigenvalue weighted by Crippen LogP contribution is 2.34. The molecule has 1 amide bonds. The molecule has 0 spiro atoms. The van der Waals surface area contributed by atoms with Crippen LogP contribution >= 0.6 is 0 Å². The van der Waals surface area contributed by atoms with Crippen molar-refractivity contribution in [3.8, 4) is 17.6 Å². The van der Waals surface area contributed by atoms with Crippen molar-refractivity contribution in [2.45, 2.75) is 12.7 Å². The van der Waals surface area contributed by atoms with E-state index >= 15 is 0 Å². The van der Waals surface area contributed by atoms with Gasteiger partial charge in [0.25, 0.3) is 5.91 Å². The van der Waals surface area contributed by atoms with E-state index in [9.17, 15) is 18.0 Å². The molecule has 1 aromatic heterocycles. The first-order valence-electron chi connectivity index (χ1n) is 12.5. The molecule has 2 heterocycles. The molecule has 4 rings (SSSR count). The van der Waals surface area contributed by atoms with E-state index in [0.29, 0.717) is 35.7 Å². The van der Waals surface area contributed by atoms with Crippen LogP contribution in [0.2, 0.25) is 0 Å². The summed E-state index contributed by atoms with van der Waals surface area (Å²) in [5, 5.41) is 10.7. The Kier molecular flexibility index (Phi) is 8.72. The molecule has 208 valence electrons. The summed E-state index contributed by atoms with van der Waals surface area (Å²) in [5.74, 6) is 5.38. The molecule has 40 heavy (non-hydrogen) atoms. The van der Waals surface area contributed by atoms with Gasteiger partial charge in [-0.3, -0.25) is 20.1 Å². The molecule has 2 aromatic carbocycles. The van der Waals surface area contributed by atoms with E-state index in [1.165, 1.54) is 37.7 Å². The van der Waals surface area contributed by atoms with Gasteiger partial charge in [0.05, 0.1) is 18.2 Å². The quantitative estimate of drug-likeness (QED) is 0.242. The van der Waals surface area contributed by atoms with Crippen molar-refractivity contribution in [3.05, 3.63) is 82.7 Å². The summed E-state index contributed by atoms with van der Waals surface area (Å²) in [6.07, 6.45) is -1.86. The number of nitrogens with zero attached hydrogens (tertiary/aromatic N) is 3. The van der Waals surface area contributed by atoms with Gasteiger partial charge in [0.15, 0.2) is 0 Å². The van der Waals surface area contributed by atoms with E-state index in [-0.39, 0.29) is 29.1 Å². The van der Waals surface area contributed by atoms with Crippen LogP contribution in [0, 0.1) is 17.3 Å². The zero-order valence-electron chi connectivity index (χ0n) is 22.1. The SMILES string of the molecule is COc1ccc(C(=N)C#Cc2cncc(C(=O)Nc3ccc(CN4CCN(C)CC4)c(C(F)(F)F)c3)c2)c(N)c1. The number of amides is 1. The van der Waals surface area contributed by atoms with Gasteiger partial charge in [-0.1, -0.05) is 12.0 Å². The minimum absolute atomic E-state index is 0.0210. The van der Waals surface area contributed by atoms with Crippen molar-refractivity contribution in [2.24, 2.45) is 0 Å². The first-order valence-corrected chi connectivity index (χ1v) is 12.5. The monoisotopic (exact) mass is 550 g/mol. The van der Waals surface area contributed by atoms with Gasteiger partial charge in [-0.05, 0) is 48.9 Å². The molecule has 4 N–H and O–H groups in total. The molecular weight excluding hydrogens is 521 g/mol. The van der Waals surface area contributed by atoms with Crippen molar-refractivity contribution in [1.29, 1.82) is 5.41 Å². The van der Waals surface area contributed by atoms with E-state index in [1.807, 2.05) is 11.9 Å². The van der Waals surface area contributed by atoms with E-state index in [1.54, 1.807) is 18.2 Å². The van der Waals surface area contributed by atoms with Gasteiger partial charge in [-0.2, -0.15) is 13.2 Å². The Morgan fingerprint density at radius 1 is 1.12 bits per heavy atom. The second-order valence-electron chi connectivity index (χ2n) is 9.44. The van der Waals surface area contributed by atoms with Gasteiger partial charge in [0, 0.05) is 73.7 Å². The summed E-state index contributed by atoms with van der Waals surface area (Å²) in [4.78, 5) is 21.0. The maximum Gasteiger partial charge on any atom is 0.416 e. The molecule has 0 unspecified atom stereocenters. The van der Waals surface area contributed by atoms with Crippen molar-refractivity contribution in [3.63, 3.8) is 0 Å². The smallest absolute Gasteiger partial charge is 0.416 e. The predicted molar refractivity (Wildman–Crippen MR) is 148 cm³/mol. The predicted octanol–water partition coefficient (Wildman–Crippen LogP) is 4.11. The van der Waals surface area contributed by atoms with Crippen molar-refractivity contribution < 1.29 is 22.7 Å². The molecule has 0 bridgehead atoms. The Hall–Kier alpha value is -4.40. The number of nitrogens with two attached hydrogens (primary N) is 1. The van der Waals surface area contributed by atoms with Crippen LogP contribution in [0.4, 0.5) is 24.5 Å². The fraction of sp³-hybridized carbons (Fsp3) is 0.276. The lowest BCUT2D eigenvalue weighted by atomic mass is 10.0. The highest BCUT2D eigenvalue weighted by Gasteiger charge is 2.34. The minimum atomic E-state index is -4.57. The van der Waals surface area contributed by atoms with E-state index in [2.05, 4.69) is 27.0 Å². The van der Waals surface area contributed by atoms with Crippen LogP contribution < -0.4 is 15.8 Å². The molecule has 0 aliphatic carbocycles. The number of aromatic nitrogens is 1. The zero-order chi connectivity index (χ0) is 28.9. The third-order valence-electron chi connectivity index (χ3n) is 6.52. The van der Waals surface area contributed by atoms with E-state index in [4.69, 9.17) is 15.9 Å². The molecular formula is C29H29F3N6O2. The van der Waals surface area contributed by atoms with Crippen LogP contribution in [0.25, 0.3) is 0 Å². The first kappa shape index (κ1) is 28.6. The number of nitrogens with one attached hydrogen (secondary N) is 2. The molecule has 8 nitrogen and oxygen atoms in total. The number of halogens is 3. The van der Waals surface area contributed by atoms with Crippen LogP contribution in [-0.4, -0.2) is 66.7 Å². The number of pyridine rings is 1. The van der Waals surface area contributed by atoms with Crippen LogP contribution in [0.1, 0.15) is 32.6 Å². The molecule has 0 atom stereocenters. The molecule has 1 saturated heterocycles. The van der Waals surface area contributed by atoms with Crippen molar-refractivity contribution in [1.82, 2.24) is 14.8 Å². The number of hydrogen-bond acceptors (Lipinski definition) is 7. The van der Waals surface area contributed by atoms with Gasteiger partial charge in [0.2, 0.25) is 0 Å². The number of ether oxygens (including phenoxy) is 1. The van der Waals surface area contributed by atoms with Crippen LogP contribution in [0.3, 0.4) is 0 Å². The molecule has 1 fully saturated rings. The number of anilines is 2. The Morgan fingerprint density at radius 2 is 1.88 bits per heavy atom. The lowest BCUT2D eigenvalue weighted by molar-refractivity contribution is -0.138. The van der Waals surface area contributed by atoms with Crippen molar-refractivity contribution in [2.75, 3.05) is 51.4 Å². The van der Waals surface area contributed by atoms with Gasteiger partial charge in [0.1, 0.15) is 11.5 Å². The number of likely N-dealkylation sites (N-methyl/N-ethyl adjacent to an activating group) is 1. The van der Waals surface area contributed by atoms with Gasteiger partial charge < -0.3 is 20.7 Å². The largest absolute Gasteiger partial charge is 0.497 e. The van der Waals surface area contributed by atoms with Gasteiger partial charge >= 0.3 is 6.18 Å². The minimum Gasteiger partial charge on any atom is -0.497 e. The third-order valence-corrected chi connectivity index (χ3v) is 6.52. The topological polar surface area (TPSA) is 108 Å². The number of hydrogen-bond donors (Lipinski definition) is 3. The fourth-order valence-corrected chi connectivity index (χ4v) is 4.24. The lowest BCUT2D eigenvalue weighted by Crippen LogP contribution is -2.44. The average Bonchev–Trinajstić information content (AvgIpc) is 2.93. The van der Waals surface area contributed by atoms with E-state index < -0.39 is 17.6 Å². The number of carbonyl (C=O) groups is 1. The molecule has 1 aliphatic heterocycles. The standard InChI is InChI=1S/C29H29F3N6O2/c1-37-9-11-38(12-10-37)18-20-4-5-22(14-25(20)29(30,31)32)36-28(39)21-13-19(16-35-17-21)3-8-26(33)24-7-6-23(40-2)15-27(24)34/h4-7,13-17,33H,9-12,18,34H2,1-2H3,(H,36,39). The number of rotatable bonds is 6. The molecule has 1 aliphatic rings. The molecule has 11 heteroatoms. The third kappa shape index (κ3) is 7.16. The highest BCUT2D eigenvalue weighted by atomic mass is 19.4. The molecule has 0 radical (unpaired) electrons. The highest BCUT2D eigenvalue weighted by molar-refractivity contribution is 6.14. The summed E-state index contributed by atoms with van der Waals surface area (Å²) in [7, 11) is 3.49. The summed E-state index contributed by atoms with van der Waals surface area (Å²) in [5.41, 5.74) is 6.55. The zero-order valence-corrected chi connectivity index (χ0v) is 22.1. The number of piperazine rings is 1. The van der Waals surface area contributed by atoms with E-state index in [0.717, 1.165) is 19.2 Å². The average molecular weight is 551 g/mol. The second kappa shape index (κ2) is 12.2. The normalized spacial score (nSPS) is 14.2. The summed E-state index contributed by atoms with van der Waals surface area (Å²) >= 11 is 0. The number of nitrogen functional groups attached to an aromatic ring is 1. The first-order chi connectivity index (χ1) is 19.0. The number of carbonyl (C=O) groups excluding carboxylic acids is 1. The Balaban J connectivity index is 1.48. The summed E-state index contributed by atoms with van der Waals surface area (Å²) in [6, 6.07) is 10.2.